The van der Waals surface area contributed by atoms with E-state index in [1.165, 1.54) is 0 Å². The average Bonchev–Trinajstić information content (AvgIpc) is 3.30. The molecule has 3 aromatic carbocycles. The number of rotatable bonds is 8. The molecule has 198 valence electrons. The first kappa shape index (κ1) is 26.8. The lowest BCUT2D eigenvalue weighted by atomic mass is 10.0. The van der Waals surface area contributed by atoms with Crippen LogP contribution in [0.15, 0.2) is 72.8 Å². The van der Waals surface area contributed by atoms with Crippen LogP contribution in [0.2, 0.25) is 10.0 Å². The second kappa shape index (κ2) is 12.4. The summed E-state index contributed by atoms with van der Waals surface area (Å²) in [5, 5.41) is 17.7. The van der Waals surface area contributed by atoms with Gasteiger partial charge in [0, 0.05) is 23.7 Å². The Hall–Kier alpha value is -3.83. The number of nitrogens with zero attached hydrogens (tertiary/aromatic N) is 4. The lowest BCUT2D eigenvalue weighted by Crippen LogP contribution is -2.45. The van der Waals surface area contributed by atoms with Crippen molar-refractivity contribution in [2.75, 3.05) is 13.1 Å². The normalized spacial score (nSPS) is 13.6. The Bertz CT molecular complexity index is 1490. The molecule has 1 aliphatic rings. The van der Waals surface area contributed by atoms with Crippen LogP contribution in [0.3, 0.4) is 0 Å². The van der Waals surface area contributed by atoms with Gasteiger partial charge >= 0.3 is 0 Å². The van der Waals surface area contributed by atoms with Gasteiger partial charge in [-0.05, 0) is 60.9 Å². The van der Waals surface area contributed by atoms with Gasteiger partial charge in [0.1, 0.15) is 24.0 Å². The minimum absolute atomic E-state index is 0.0388. The van der Waals surface area contributed by atoms with Crippen LogP contribution < -0.4 is 10.2 Å². The highest BCUT2D eigenvalue weighted by molar-refractivity contribution is 6.35. The topological polar surface area (TPSA) is 83.2 Å². The van der Waals surface area contributed by atoms with Crippen LogP contribution in [0.25, 0.3) is 16.9 Å². The van der Waals surface area contributed by atoms with Crippen LogP contribution in [0.4, 0.5) is 0 Å². The smallest absolute Gasteiger partial charge is 0.240 e. The van der Waals surface area contributed by atoms with E-state index in [9.17, 15) is 10.1 Å². The van der Waals surface area contributed by atoms with Gasteiger partial charge in [-0.2, -0.15) is 10.4 Å². The highest BCUT2D eigenvalue weighted by Gasteiger charge is 2.24. The standard InChI is InChI=1S/C30H27Cl2N5O2/c31-23-11-14-28(26(32)17-23)37-30(22-9-12-24(13-10-22)39-20-21-7-3-1-4-8-21)25(19-33)27(34-37)18-29(38)35-36-15-5-2-6-16-36/h1,3-4,7-14,17H,2,5-6,15-16,18,20H2,(H,35,38). The number of nitriles is 1. The summed E-state index contributed by atoms with van der Waals surface area (Å²) in [6.45, 7) is 2.07. The number of aromatic nitrogens is 2. The monoisotopic (exact) mass is 559 g/mol. The van der Waals surface area contributed by atoms with E-state index in [1.54, 1.807) is 22.9 Å². The van der Waals surface area contributed by atoms with Crippen molar-refractivity contribution in [1.29, 1.82) is 5.26 Å². The van der Waals surface area contributed by atoms with Crippen LogP contribution in [-0.4, -0.2) is 33.8 Å². The predicted molar refractivity (Wildman–Crippen MR) is 152 cm³/mol. The van der Waals surface area contributed by atoms with Gasteiger partial charge in [-0.15, -0.1) is 0 Å². The maximum absolute atomic E-state index is 12.9. The number of benzene rings is 3. The Labute approximate surface area is 237 Å². The van der Waals surface area contributed by atoms with Crippen molar-refractivity contribution < 1.29 is 9.53 Å². The number of carbonyl (C=O) groups is 1. The van der Waals surface area contributed by atoms with Crippen LogP contribution in [-0.2, 0) is 17.8 Å². The van der Waals surface area contributed by atoms with Crippen LogP contribution >= 0.6 is 23.2 Å². The summed E-state index contributed by atoms with van der Waals surface area (Å²) < 4.78 is 7.55. The Morgan fingerprint density at radius 2 is 1.74 bits per heavy atom. The summed E-state index contributed by atoms with van der Waals surface area (Å²) in [4.78, 5) is 12.9. The zero-order valence-electron chi connectivity index (χ0n) is 21.2. The molecule has 4 aromatic rings. The van der Waals surface area contributed by atoms with E-state index >= 15 is 0 Å². The number of nitrogens with one attached hydrogen (secondary N) is 1. The summed E-state index contributed by atoms with van der Waals surface area (Å²) in [5.74, 6) is 0.481. The van der Waals surface area contributed by atoms with Crippen LogP contribution in [0.5, 0.6) is 5.75 Å². The van der Waals surface area contributed by atoms with E-state index in [0.717, 1.165) is 43.5 Å². The molecule has 1 fully saturated rings. The Morgan fingerprint density at radius 1 is 1.00 bits per heavy atom. The molecule has 0 bridgehead atoms. The van der Waals surface area contributed by atoms with Crippen molar-refractivity contribution in [3.63, 3.8) is 0 Å². The zero-order valence-corrected chi connectivity index (χ0v) is 22.8. The molecular formula is C30H27Cl2N5O2. The van der Waals surface area contributed by atoms with E-state index in [-0.39, 0.29) is 12.3 Å². The lowest BCUT2D eigenvalue weighted by Gasteiger charge is -2.26. The summed E-state index contributed by atoms with van der Waals surface area (Å²) in [5.41, 5.74) is 6.54. The van der Waals surface area contributed by atoms with Crippen molar-refractivity contribution in [3.05, 3.63) is 99.7 Å². The minimum Gasteiger partial charge on any atom is -0.489 e. The fraction of sp³-hybridized carbons (Fsp3) is 0.233. The summed E-state index contributed by atoms with van der Waals surface area (Å²) >= 11 is 12.7. The highest BCUT2D eigenvalue weighted by Crippen LogP contribution is 2.34. The number of hydrogen-bond donors (Lipinski definition) is 1. The molecule has 5 rings (SSSR count). The Kier molecular flexibility index (Phi) is 8.48. The molecule has 7 nitrogen and oxygen atoms in total. The maximum Gasteiger partial charge on any atom is 0.240 e. The van der Waals surface area contributed by atoms with Crippen molar-refractivity contribution in [2.24, 2.45) is 0 Å². The van der Waals surface area contributed by atoms with Gasteiger partial charge in [-0.3, -0.25) is 10.2 Å². The molecule has 0 atom stereocenters. The molecule has 0 aliphatic carbocycles. The van der Waals surface area contributed by atoms with Crippen molar-refractivity contribution >= 4 is 29.1 Å². The van der Waals surface area contributed by atoms with Gasteiger partial charge in [0.15, 0.2) is 0 Å². The van der Waals surface area contributed by atoms with Crippen molar-refractivity contribution in [2.45, 2.75) is 32.3 Å². The van der Waals surface area contributed by atoms with E-state index in [4.69, 9.17) is 33.0 Å². The van der Waals surface area contributed by atoms with Gasteiger partial charge in [-0.25, -0.2) is 9.69 Å². The third-order valence-electron chi connectivity index (χ3n) is 6.55. The quantitative estimate of drug-likeness (QED) is 0.271. The number of carbonyl (C=O) groups excluding carboxylic acids is 1. The number of hydrogen-bond acceptors (Lipinski definition) is 5. The van der Waals surface area contributed by atoms with E-state index in [2.05, 4.69) is 11.5 Å². The van der Waals surface area contributed by atoms with Gasteiger partial charge in [0.2, 0.25) is 5.91 Å². The zero-order chi connectivity index (χ0) is 27.2. The molecule has 1 aliphatic heterocycles. The average molecular weight is 560 g/mol. The van der Waals surface area contributed by atoms with Gasteiger partial charge in [0.05, 0.1) is 28.5 Å². The van der Waals surface area contributed by atoms with Crippen molar-refractivity contribution in [1.82, 2.24) is 20.2 Å². The second-order valence-corrected chi connectivity index (χ2v) is 10.2. The first-order valence-electron chi connectivity index (χ1n) is 12.8. The van der Waals surface area contributed by atoms with Gasteiger partial charge in [0.25, 0.3) is 0 Å². The third kappa shape index (κ3) is 6.43. The first-order chi connectivity index (χ1) is 19.0. The number of amides is 1. The molecule has 0 radical (unpaired) electrons. The molecule has 0 saturated carbocycles. The maximum atomic E-state index is 12.9. The molecule has 0 spiro atoms. The van der Waals surface area contributed by atoms with Gasteiger partial charge in [-0.1, -0.05) is 60.0 Å². The molecular weight excluding hydrogens is 533 g/mol. The predicted octanol–water partition coefficient (Wildman–Crippen LogP) is 6.36. The molecule has 0 unspecified atom stereocenters. The third-order valence-corrected chi connectivity index (χ3v) is 7.09. The van der Waals surface area contributed by atoms with E-state index < -0.39 is 0 Å². The number of ether oxygens (including phenoxy) is 1. The van der Waals surface area contributed by atoms with E-state index in [1.807, 2.05) is 59.6 Å². The number of piperidine rings is 1. The lowest BCUT2D eigenvalue weighted by molar-refractivity contribution is -0.125. The number of halogens is 2. The largest absolute Gasteiger partial charge is 0.489 e. The fourth-order valence-corrected chi connectivity index (χ4v) is 5.11. The Morgan fingerprint density at radius 3 is 2.44 bits per heavy atom. The SMILES string of the molecule is N#Cc1c(CC(=O)NN2CCCCC2)nn(-c2ccc(Cl)cc2Cl)c1-c1ccc(OCc2ccccc2)cc1. The first-order valence-corrected chi connectivity index (χ1v) is 13.6. The molecule has 9 heteroatoms. The van der Waals surface area contributed by atoms with E-state index in [0.29, 0.717) is 45.0 Å². The fourth-order valence-electron chi connectivity index (χ4n) is 4.62. The van der Waals surface area contributed by atoms with Crippen LogP contribution in [0, 0.1) is 11.3 Å². The summed E-state index contributed by atoms with van der Waals surface area (Å²) in [6, 6.07) is 24.7. The second-order valence-electron chi connectivity index (χ2n) is 9.35. The minimum atomic E-state index is -0.212. The molecule has 1 amide bonds. The molecule has 39 heavy (non-hydrogen) atoms. The molecule has 1 N–H and O–H groups in total. The molecule has 1 saturated heterocycles. The summed E-state index contributed by atoms with van der Waals surface area (Å²) in [7, 11) is 0. The highest BCUT2D eigenvalue weighted by atomic mass is 35.5. The summed E-state index contributed by atoms with van der Waals surface area (Å²) in [6.07, 6.45) is 3.21. The van der Waals surface area contributed by atoms with Gasteiger partial charge < -0.3 is 4.74 Å². The molecule has 2 heterocycles. The number of hydrazine groups is 1. The van der Waals surface area contributed by atoms with Crippen LogP contribution in [0.1, 0.15) is 36.1 Å². The molecule has 1 aromatic heterocycles. The Balaban J connectivity index is 1.47. The van der Waals surface area contributed by atoms with Crippen molar-refractivity contribution in [3.8, 4) is 28.8 Å².